The highest BCUT2D eigenvalue weighted by molar-refractivity contribution is 6.76. The molecule has 1 atom stereocenters. The zero-order valence-electron chi connectivity index (χ0n) is 11.6. The van der Waals surface area contributed by atoms with E-state index in [1.165, 1.54) is 0 Å². The molecule has 0 aliphatic rings. The van der Waals surface area contributed by atoms with E-state index in [1.807, 2.05) is 0 Å². The van der Waals surface area contributed by atoms with Crippen molar-refractivity contribution in [3.63, 3.8) is 0 Å². The van der Waals surface area contributed by atoms with E-state index in [0.717, 1.165) is 12.3 Å². The monoisotopic (exact) mass is 245 g/mol. The fourth-order valence-corrected chi connectivity index (χ4v) is 2.95. The summed E-state index contributed by atoms with van der Waals surface area (Å²) in [7, 11) is -2.92. The second kappa shape index (κ2) is 5.30. The van der Waals surface area contributed by atoms with Crippen LogP contribution in [0.2, 0.25) is 39.3 Å². The number of hydrogen-bond acceptors (Lipinski definition) is 2. The quantitative estimate of drug-likeness (QED) is 0.415. The molecule has 0 aliphatic carbocycles. The minimum atomic E-state index is -1.51. The van der Waals surface area contributed by atoms with Crippen LogP contribution in [0.25, 0.3) is 0 Å². The van der Waals surface area contributed by atoms with Crippen LogP contribution in [0.3, 0.4) is 0 Å². The van der Waals surface area contributed by atoms with Crippen LogP contribution in [0, 0.1) is 5.92 Å². The highest BCUT2D eigenvalue weighted by Gasteiger charge is 2.24. The number of hydrogen-bond donors (Lipinski definition) is 0. The lowest BCUT2D eigenvalue weighted by Crippen LogP contribution is -2.34. The van der Waals surface area contributed by atoms with E-state index in [1.54, 1.807) is 0 Å². The van der Waals surface area contributed by atoms with E-state index >= 15 is 0 Å². The van der Waals surface area contributed by atoms with Gasteiger partial charge < -0.3 is 4.43 Å². The predicted octanol–water partition coefficient (Wildman–Crippen LogP) is 4.12. The van der Waals surface area contributed by atoms with E-state index in [9.17, 15) is 0 Å². The summed E-state index contributed by atoms with van der Waals surface area (Å²) in [5.74, 6) is 1.47. The van der Waals surface area contributed by atoms with Crippen molar-refractivity contribution in [3.8, 4) is 0 Å². The van der Waals surface area contributed by atoms with Crippen molar-refractivity contribution < 1.29 is 4.43 Å². The maximum atomic E-state index is 6.09. The van der Waals surface area contributed by atoms with Gasteiger partial charge >= 0.3 is 0 Å². The van der Waals surface area contributed by atoms with Gasteiger partial charge in [-0.05, 0) is 45.7 Å². The van der Waals surface area contributed by atoms with Crippen molar-refractivity contribution in [1.29, 1.82) is 0 Å². The Morgan fingerprint density at radius 3 is 1.87 bits per heavy atom. The Balaban J connectivity index is 4.83. The SMILES string of the molecule is CCC(C)/C(=N\[Si](C)(C)C)O[Si](C)(C)C. The van der Waals surface area contributed by atoms with Crippen LogP contribution < -0.4 is 0 Å². The molecule has 4 heteroatoms. The van der Waals surface area contributed by atoms with E-state index in [4.69, 9.17) is 9.08 Å². The molecule has 90 valence electrons. The average molecular weight is 246 g/mol. The average Bonchev–Trinajstić information content (AvgIpc) is 1.96. The summed E-state index contributed by atoms with van der Waals surface area (Å²) in [5, 5.41) is 0. The summed E-state index contributed by atoms with van der Waals surface area (Å²) in [5.41, 5.74) is 0. The summed E-state index contributed by atoms with van der Waals surface area (Å²) in [4.78, 5) is 0. The van der Waals surface area contributed by atoms with Crippen molar-refractivity contribution in [2.75, 3.05) is 0 Å². The molecule has 0 saturated heterocycles. The minimum absolute atomic E-state index is 0.462. The molecule has 0 heterocycles. The summed E-state index contributed by atoms with van der Waals surface area (Å²) < 4.78 is 10.9. The van der Waals surface area contributed by atoms with Crippen molar-refractivity contribution in [3.05, 3.63) is 0 Å². The first-order chi connectivity index (χ1) is 6.55. The molecule has 0 fully saturated rings. The van der Waals surface area contributed by atoms with Gasteiger partial charge in [0, 0.05) is 5.92 Å². The molecule has 15 heavy (non-hydrogen) atoms. The van der Waals surface area contributed by atoms with Gasteiger partial charge in [-0.1, -0.05) is 13.8 Å². The zero-order chi connectivity index (χ0) is 12.3. The maximum Gasteiger partial charge on any atom is 0.243 e. The van der Waals surface area contributed by atoms with Crippen molar-refractivity contribution in [2.24, 2.45) is 10.6 Å². The molecule has 0 aliphatic heterocycles. The van der Waals surface area contributed by atoms with E-state index in [0.29, 0.717) is 5.92 Å². The van der Waals surface area contributed by atoms with Gasteiger partial charge in [-0.3, -0.25) is 4.66 Å². The highest BCUT2D eigenvalue weighted by Crippen LogP contribution is 2.15. The molecule has 2 nitrogen and oxygen atoms in total. The Morgan fingerprint density at radius 1 is 1.13 bits per heavy atom. The first-order valence-corrected chi connectivity index (χ1v) is 12.7. The van der Waals surface area contributed by atoms with Gasteiger partial charge in [0.1, 0.15) is 0 Å². The van der Waals surface area contributed by atoms with Gasteiger partial charge in [0.15, 0.2) is 14.1 Å². The molecule has 0 N–H and O–H groups in total. The number of nitrogens with zero attached hydrogens (tertiary/aromatic N) is 1. The third-order valence-corrected chi connectivity index (χ3v) is 3.60. The lowest BCUT2D eigenvalue weighted by Gasteiger charge is -2.26. The van der Waals surface area contributed by atoms with Gasteiger partial charge in [0.25, 0.3) is 0 Å². The second-order valence-corrected chi connectivity index (χ2v) is 15.1. The van der Waals surface area contributed by atoms with Crippen LogP contribution in [0.15, 0.2) is 4.66 Å². The second-order valence-electron chi connectivity index (χ2n) is 6.14. The Hall–Kier alpha value is -0.0962. The minimum Gasteiger partial charge on any atom is -0.535 e. The van der Waals surface area contributed by atoms with Crippen LogP contribution >= 0.6 is 0 Å². The Bertz CT molecular complexity index is 226. The first-order valence-electron chi connectivity index (χ1n) is 5.84. The van der Waals surface area contributed by atoms with Gasteiger partial charge in [-0.25, -0.2) is 0 Å². The summed E-state index contributed by atoms with van der Waals surface area (Å²) in [6.45, 7) is 17.8. The molecule has 0 radical (unpaired) electrons. The number of rotatable bonds is 4. The van der Waals surface area contributed by atoms with Crippen molar-refractivity contribution in [2.45, 2.75) is 59.6 Å². The maximum absolute atomic E-state index is 6.09. The first kappa shape index (κ1) is 14.9. The molecule has 0 rings (SSSR count). The largest absolute Gasteiger partial charge is 0.535 e. The van der Waals surface area contributed by atoms with Crippen LogP contribution in [0.5, 0.6) is 0 Å². The van der Waals surface area contributed by atoms with Crippen LogP contribution in [-0.4, -0.2) is 22.5 Å². The van der Waals surface area contributed by atoms with Gasteiger partial charge in [-0.2, -0.15) is 0 Å². The topological polar surface area (TPSA) is 21.6 Å². The summed E-state index contributed by atoms with van der Waals surface area (Å²) in [6, 6.07) is 0. The molecule has 0 aromatic rings. The van der Waals surface area contributed by atoms with Crippen molar-refractivity contribution in [1.82, 2.24) is 0 Å². The lowest BCUT2D eigenvalue weighted by atomic mass is 10.1. The van der Waals surface area contributed by atoms with E-state index in [2.05, 4.69) is 53.1 Å². The molecule has 0 aromatic heterocycles. The molecule has 1 unspecified atom stereocenters. The van der Waals surface area contributed by atoms with Gasteiger partial charge in [0.05, 0.1) is 0 Å². The Kier molecular flexibility index (Phi) is 5.26. The Morgan fingerprint density at radius 2 is 1.60 bits per heavy atom. The van der Waals surface area contributed by atoms with Gasteiger partial charge in [0.2, 0.25) is 8.32 Å². The molecular weight excluding hydrogens is 218 g/mol. The fourth-order valence-electron chi connectivity index (χ4n) is 1.05. The highest BCUT2D eigenvalue weighted by atomic mass is 28.4. The van der Waals surface area contributed by atoms with Gasteiger partial charge in [-0.15, -0.1) is 0 Å². The molecule has 0 bridgehead atoms. The lowest BCUT2D eigenvalue weighted by molar-refractivity contribution is 0.491. The molecular formula is C11H27NOSi2. The van der Waals surface area contributed by atoms with Crippen LogP contribution in [0.1, 0.15) is 20.3 Å². The predicted molar refractivity (Wildman–Crippen MR) is 74.7 cm³/mol. The summed E-state index contributed by atoms with van der Waals surface area (Å²) in [6.07, 6.45) is 1.10. The normalized spacial score (nSPS) is 16.4. The molecule has 0 saturated carbocycles. The smallest absolute Gasteiger partial charge is 0.243 e. The summed E-state index contributed by atoms with van der Waals surface area (Å²) >= 11 is 0. The molecule has 0 aromatic carbocycles. The van der Waals surface area contributed by atoms with E-state index in [-0.39, 0.29) is 0 Å². The van der Waals surface area contributed by atoms with E-state index < -0.39 is 16.6 Å². The fraction of sp³-hybridized carbons (Fsp3) is 0.909. The van der Waals surface area contributed by atoms with Crippen LogP contribution in [-0.2, 0) is 4.43 Å². The Labute approximate surface area is 97.4 Å². The zero-order valence-corrected chi connectivity index (χ0v) is 13.6. The molecule has 0 amide bonds. The molecule has 0 spiro atoms. The third-order valence-electron chi connectivity index (χ3n) is 1.89. The van der Waals surface area contributed by atoms with Crippen molar-refractivity contribution >= 4 is 22.5 Å². The van der Waals surface area contributed by atoms with Crippen LogP contribution in [0.4, 0.5) is 0 Å². The standard InChI is InChI=1S/C11H27NOSi2/c1-9-10(2)11(12-14(3,4)5)13-15(6,7)8/h10H,9H2,1-8H3/b12-11+. The third kappa shape index (κ3) is 7.79.